The zero-order valence-corrected chi connectivity index (χ0v) is 13.4. The molecule has 0 atom stereocenters. The molecule has 0 spiro atoms. The Bertz CT molecular complexity index is 864. The second kappa shape index (κ2) is 5.04. The highest BCUT2D eigenvalue weighted by molar-refractivity contribution is 9.10. The molecular formula is C16H11BrClN3. The van der Waals surface area contributed by atoms with Crippen molar-refractivity contribution in [2.24, 2.45) is 0 Å². The Morgan fingerprint density at radius 2 is 2.00 bits per heavy atom. The summed E-state index contributed by atoms with van der Waals surface area (Å²) >= 11 is 9.89. The van der Waals surface area contributed by atoms with Gasteiger partial charge in [0.2, 0.25) is 0 Å². The normalized spacial score (nSPS) is 13.6. The van der Waals surface area contributed by atoms with Gasteiger partial charge in [-0.15, -0.1) is 0 Å². The van der Waals surface area contributed by atoms with Crippen molar-refractivity contribution in [1.29, 1.82) is 0 Å². The van der Waals surface area contributed by atoms with Crippen molar-refractivity contribution in [2.75, 3.05) is 0 Å². The van der Waals surface area contributed by atoms with E-state index in [0.717, 1.165) is 51.5 Å². The predicted molar refractivity (Wildman–Crippen MR) is 87.5 cm³/mol. The minimum absolute atomic E-state index is 0.583. The SMILES string of the molecule is Clc1nc(-c2ccc(Br)c3cccnc23)nc2c1CCC2. The number of hydrogen-bond acceptors (Lipinski definition) is 3. The van der Waals surface area contributed by atoms with E-state index in [9.17, 15) is 0 Å². The van der Waals surface area contributed by atoms with Crippen LogP contribution in [0.25, 0.3) is 22.3 Å². The third-order valence-electron chi connectivity index (χ3n) is 3.84. The van der Waals surface area contributed by atoms with Crippen LogP contribution in [0, 0.1) is 0 Å². The summed E-state index contributed by atoms with van der Waals surface area (Å²) in [5.41, 5.74) is 4.00. The first kappa shape index (κ1) is 13.2. The van der Waals surface area contributed by atoms with Crippen LogP contribution >= 0.6 is 27.5 Å². The molecule has 2 aromatic heterocycles. The highest BCUT2D eigenvalue weighted by Gasteiger charge is 2.20. The second-order valence-electron chi connectivity index (χ2n) is 5.11. The Hall–Kier alpha value is -1.52. The van der Waals surface area contributed by atoms with Crippen molar-refractivity contribution in [3.63, 3.8) is 0 Å². The van der Waals surface area contributed by atoms with Crippen LogP contribution in [0.4, 0.5) is 0 Å². The molecule has 0 N–H and O–H groups in total. The highest BCUT2D eigenvalue weighted by atomic mass is 79.9. The zero-order chi connectivity index (χ0) is 14.4. The summed E-state index contributed by atoms with van der Waals surface area (Å²) in [6.07, 6.45) is 4.85. The van der Waals surface area contributed by atoms with Gasteiger partial charge >= 0.3 is 0 Å². The van der Waals surface area contributed by atoms with Gasteiger partial charge in [0.25, 0.3) is 0 Å². The van der Waals surface area contributed by atoms with Gasteiger partial charge in [-0.05, 0) is 37.5 Å². The van der Waals surface area contributed by atoms with E-state index in [1.165, 1.54) is 0 Å². The second-order valence-corrected chi connectivity index (χ2v) is 6.32. The van der Waals surface area contributed by atoms with Crippen LogP contribution < -0.4 is 0 Å². The van der Waals surface area contributed by atoms with Crippen LogP contribution in [0.2, 0.25) is 5.15 Å². The molecule has 5 heteroatoms. The van der Waals surface area contributed by atoms with E-state index in [2.05, 4.69) is 25.9 Å². The van der Waals surface area contributed by atoms with E-state index >= 15 is 0 Å². The Morgan fingerprint density at radius 3 is 2.90 bits per heavy atom. The summed E-state index contributed by atoms with van der Waals surface area (Å²) in [4.78, 5) is 13.7. The van der Waals surface area contributed by atoms with Gasteiger partial charge in [0.1, 0.15) is 5.15 Å². The number of rotatable bonds is 1. The molecule has 2 heterocycles. The lowest BCUT2D eigenvalue weighted by molar-refractivity contribution is 0.900. The molecule has 0 radical (unpaired) electrons. The molecule has 104 valence electrons. The third kappa shape index (κ3) is 2.14. The van der Waals surface area contributed by atoms with Crippen LogP contribution in [0.3, 0.4) is 0 Å². The van der Waals surface area contributed by atoms with E-state index in [0.29, 0.717) is 11.0 Å². The highest BCUT2D eigenvalue weighted by Crippen LogP contribution is 2.33. The zero-order valence-electron chi connectivity index (χ0n) is 11.1. The quantitative estimate of drug-likeness (QED) is 0.595. The Labute approximate surface area is 135 Å². The summed E-state index contributed by atoms with van der Waals surface area (Å²) < 4.78 is 1.02. The molecule has 0 bridgehead atoms. The predicted octanol–water partition coefficient (Wildman–Crippen LogP) is 4.60. The van der Waals surface area contributed by atoms with Crippen molar-refractivity contribution in [3.05, 3.63) is 51.3 Å². The largest absolute Gasteiger partial charge is 0.255 e. The van der Waals surface area contributed by atoms with Crippen LogP contribution in [-0.2, 0) is 12.8 Å². The maximum Gasteiger partial charge on any atom is 0.163 e. The molecule has 3 aromatic rings. The molecule has 21 heavy (non-hydrogen) atoms. The first-order valence-electron chi connectivity index (χ1n) is 6.83. The molecule has 1 aromatic carbocycles. The Kier molecular flexibility index (Phi) is 3.16. The van der Waals surface area contributed by atoms with Crippen LogP contribution in [0.1, 0.15) is 17.7 Å². The van der Waals surface area contributed by atoms with Gasteiger partial charge in [-0.1, -0.05) is 33.6 Å². The van der Waals surface area contributed by atoms with Crippen molar-refractivity contribution in [3.8, 4) is 11.4 Å². The fourth-order valence-electron chi connectivity index (χ4n) is 2.83. The van der Waals surface area contributed by atoms with Gasteiger partial charge < -0.3 is 0 Å². The summed E-state index contributed by atoms with van der Waals surface area (Å²) in [6.45, 7) is 0. The first-order chi connectivity index (χ1) is 10.2. The van der Waals surface area contributed by atoms with Crippen LogP contribution in [0.15, 0.2) is 34.9 Å². The lowest BCUT2D eigenvalue weighted by Gasteiger charge is -2.09. The number of halogens is 2. The standard InChI is InChI=1S/C16H11BrClN3/c17-12-7-6-11(14-9(12)4-2-8-19-14)16-20-13-5-1-3-10(13)15(18)21-16/h2,4,6-8H,1,3,5H2. The number of pyridine rings is 1. The number of fused-ring (bicyclic) bond motifs is 2. The summed E-state index contributed by atoms with van der Waals surface area (Å²) in [5, 5.41) is 1.63. The number of aromatic nitrogens is 3. The van der Waals surface area contributed by atoms with Gasteiger partial charge in [-0.2, -0.15) is 0 Å². The number of hydrogen-bond donors (Lipinski definition) is 0. The molecular weight excluding hydrogens is 350 g/mol. The lowest BCUT2D eigenvalue weighted by atomic mass is 10.1. The molecule has 0 unspecified atom stereocenters. The van der Waals surface area contributed by atoms with Gasteiger partial charge in [0.05, 0.1) is 5.52 Å². The summed E-state index contributed by atoms with van der Waals surface area (Å²) in [6, 6.07) is 7.95. The molecule has 0 saturated carbocycles. The summed E-state index contributed by atoms with van der Waals surface area (Å²) in [7, 11) is 0. The lowest BCUT2D eigenvalue weighted by Crippen LogP contribution is -1.98. The van der Waals surface area contributed by atoms with Crippen molar-refractivity contribution >= 4 is 38.4 Å². The topological polar surface area (TPSA) is 38.7 Å². The first-order valence-corrected chi connectivity index (χ1v) is 8.00. The molecule has 0 saturated heterocycles. The average molecular weight is 361 g/mol. The number of aryl methyl sites for hydroxylation is 1. The number of benzene rings is 1. The van der Waals surface area contributed by atoms with E-state index in [1.807, 2.05) is 24.3 Å². The van der Waals surface area contributed by atoms with E-state index in [1.54, 1.807) is 6.20 Å². The molecule has 3 nitrogen and oxygen atoms in total. The fourth-order valence-corrected chi connectivity index (χ4v) is 3.56. The maximum atomic E-state index is 6.33. The minimum Gasteiger partial charge on any atom is -0.255 e. The molecule has 0 aliphatic heterocycles. The van der Waals surface area contributed by atoms with Gasteiger partial charge in [0.15, 0.2) is 5.82 Å². The number of nitrogens with zero attached hydrogens (tertiary/aromatic N) is 3. The van der Waals surface area contributed by atoms with Crippen molar-refractivity contribution < 1.29 is 0 Å². The Balaban J connectivity index is 1.99. The molecule has 4 rings (SSSR count). The minimum atomic E-state index is 0.583. The Morgan fingerprint density at radius 1 is 1.10 bits per heavy atom. The molecule has 1 aliphatic rings. The van der Waals surface area contributed by atoms with E-state index < -0.39 is 0 Å². The molecule has 0 amide bonds. The third-order valence-corrected chi connectivity index (χ3v) is 4.84. The van der Waals surface area contributed by atoms with Crippen LogP contribution in [-0.4, -0.2) is 15.0 Å². The monoisotopic (exact) mass is 359 g/mol. The smallest absolute Gasteiger partial charge is 0.163 e. The van der Waals surface area contributed by atoms with Gasteiger partial charge in [0, 0.05) is 32.9 Å². The van der Waals surface area contributed by atoms with Crippen molar-refractivity contribution in [1.82, 2.24) is 15.0 Å². The fraction of sp³-hybridized carbons (Fsp3) is 0.188. The van der Waals surface area contributed by atoms with Gasteiger partial charge in [-0.25, -0.2) is 9.97 Å². The summed E-state index contributed by atoms with van der Waals surface area (Å²) in [5.74, 6) is 0.664. The molecule has 0 fully saturated rings. The van der Waals surface area contributed by atoms with E-state index in [4.69, 9.17) is 16.6 Å². The van der Waals surface area contributed by atoms with Gasteiger partial charge in [-0.3, -0.25) is 4.98 Å². The molecule has 1 aliphatic carbocycles. The van der Waals surface area contributed by atoms with E-state index in [-0.39, 0.29) is 0 Å². The van der Waals surface area contributed by atoms with Crippen LogP contribution in [0.5, 0.6) is 0 Å². The average Bonchev–Trinajstić information content (AvgIpc) is 2.97. The maximum absolute atomic E-state index is 6.33. The van der Waals surface area contributed by atoms with Crippen molar-refractivity contribution in [2.45, 2.75) is 19.3 Å².